The average Bonchev–Trinajstić information content (AvgIpc) is 2.42. The van der Waals surface area contributed by atoms with Crippen LogP contribution in [0.3, 0.4) is 0 Å². The smallest absolute Gasteiger partial charge is 0.265 e. The summed E-state index contributed by atoms with van der Waals surface area (Å²) in [5, 5.41) is 0. The number of rotatable bonds is 4. The van der Waals surface area contributed by atoms with Gasteiger partial charge in [0.2, 0.25) is 0 Å². The van der Waals surface area contributed by atoms with Crippen LogP contribution in [0, 0.1) is 5.82 Å². The van der Waals surface area contributed by atoms with Gasteiger partial charge in [-0.05, 0) is 40.2 Å². The lowest BCUT2D eigenvalue weighted by Gasteiger charge is -2.12. The molecule has 1 heterocycles. The van der Waals surface area contributed by atoms with Crippen LogP contribution in [0.1, 0.15) is 0 Å². The van der Waals surface area contributed by atoms with E-state index in [1.807, 2.05) is 0 Å². The molecule has 0 aliphatic heterocycles. The van der Waals surface area contributed by atoms with Gasteiger partial charge in [0.05, 0.1) is 5.69 Å². The zero-order valence-electron chi connectivity index (χ0n) is 10.3. The molecule has 0 bridgehead atoms. The Morgan fingerprint density at radius 2 is 1.90 bits per heavy atom. The Morgan fingerprint density at radius 1 is 1.19 bits per heavy atom. The molecule has 2 aromatic rings. The number of hydrogen-bond donors (Lipinski definition) is 3. The number of nitrogen functional groups attached to an aromatic ring is 1. The highest BCUT2D eigenvalue weighted by Gasteiger charge is 2.21. The number of halogens is 3. The number of sulfonamides is 1. The van der Waals surface area contributed by atoms with E-state index >= 15 is 0 Å². The largest absolute Gasteiger partial charge is 0.307 e. The minimum absolute atomic E-state index is 0.0526. The molecule has 0 unspecified atom stereocenters. The van der Waals surface area contributed by atoms with E-state index in [-0.39, 0.29) is 16.4 Å². The van der Waals surface area contributed by atoms with Crippen molar-refractivity contribution in [1.82, 2.24) is 4.98 Å². The second kappa shape index (κ2) is 6.26. The summed E-state index contributed by atoms with van der Waals surface area (Å²) < 4.78 is 41.5. The summed E-state index contributed by atoms with van der Waals surface area (Å²) in [5.41, 5.74) is 2.01. The number of nitrogens with one attached hydrogen (secondary N) is 2. The fourth-order valence-corrected chi connectivity index (χ4v) is 3.54. The van der Waals surface area contributed by atoms with Crippen molar-refractivity contribution < 1.29 is 12.8 Å². The molecule has 0 amide bonds. The molecule has 0 atom stereocenters. The molecular formula is C11H9Br2FN4O2S. The maximum atomic E-state index is 13.7. The van der Waals surface area contributed by atoms with Gasteiger partial charge in [0.1, 0.15) is 10.7 Å². The fraction of sp³-hybridized carbons (Fsp3) is 0. The summed E-state index contributed by atoms with van der Waals surface area (Å²) in [7, 11) is -4.05. The first-order chi connectivity index (χ1) is 9.83. The van der Waals surface area contributed by atoms with Crippen LogP contribution in [0.2, 0.25) is 0 Å². The van der Waals surface area contributed by atoms with Crippen molar-refractivity contribution in [2.24, 2.45) is 5.84 Å². The third-order valence-electron chi connectivity index (χ3n) is 2.42. The first kappa shape index (κ1) is 16.1. The number of aromatic nitrogens is 1. The molecule has 2 rings (SSSR count). The van der Waals surface area contributed by atoms with Gasteiger partial charge in [-0.15, -0.1) is 0 Å². The molecule has 4 N–H and O–H groups in total. The van der Waals surface area contributed by atoms with Crippen molar-refractivity contribution >= 4 is 53.4 Å². The van der Waals surface area contributed by atoms with Crippen LogP contribution >= 0.6 is 31.9 Å². The van der Waals surface area contributed by atoms with Gasteiger partial charge in [-0.1, -0.05) is 15.9 Å². The summed E-state index contributed by atoms with van der Waals surface area (Å²) in [6, 6.07) is 5.28. The number of hydrogen-bond acceptors (Lipinski definition) is 5. The monoisotopic (exact) mass is 438 g/mol. The van der Waals surface area contributed by atoms with Crippen LogP contribution in [0.4, 0.5) is 15.9 Å². The van der Waals surface area contributed by atoms with Crippen molar-refractivity contribution in [3.05, 3.63) is 45.2 Å². The van der Waals surface area contributed by atoms with Crippen LogP contribution in [-0.2, 0) is 10.0 Å². The van der Waals surface area contributed by atoms with E-state index in [9.17, 15) is 12.8 Å². The standard InChI is InChI=1S/C11H9Br2FN4O2S/c12-6-1-2-9(8(14)3-6)18-21(19,20)10-4-7(13)5-16-11(10)17-15/h1-5,18H,15H2,(H,16,17). The zero-order valence-corrected chi connectivity index (χ0v) is 14.3. The third-order valence-corrected chi connectivity index (χ3v) is 4.73. The van der Waals surface area contributed by atoms with Gasteiger partial charge >= 0.3 is 0 Å². The number of hydrazine groups is 1. The Morgan fingerprint density at radius 3 is 2.52 bits per heavy atom. The van der Waals surface area contributed by atoms with E-state index in [1.165, 1.54) is 24.4 Å². The summed E-state index contributed by atoms with van der Waals surface area (Å²) >= 11 is 6.22. The first-order valence-electron chi connectivity index (χ1n) is 5.43. The van der Waals surface area contributed by atoms with Gasteiger partial charge in [-0.2, -0.15) is 0 Å². The van der Waals surface area contributed by atoms with Gasteiger partial charge in [0.25, 0.3) is 10.0 Å². The number of benzene rings is 1. The first-order valence-corrected chi connectivity index (χ1v) is 8.50. The zero-order chi connectivity index (χ0) is 15.6. The molecule has 0 aliphatic carbocycles. The summed E-state index contributed by atoms with van der Waals surface area (Å²) in [5.74, 6) is 4.48. The molecule has 21 heavy (non-hydrogen) atoms. The van der Waals surface area contributed by atoms with Crippen LogP contribution in [0.15, 0.2) is 44.3 Å². The quantitative estimate of drug-likeness (QED) is 0.502. The molecular weight excluding hydrogens is 431 g/mol. The van der Waals surface area contributed by atoms with Crippen LogP contribution in [0.25, 0.3) is 0 Å². The van der Waals surface area contributed by atoms with E-state index in [0.717, 1.165) is 6.07 Å². The predicted molar refractivity (Wildman–Crippen MR) is 84.7 cm³/mol. The van der Waals surface area contributed by atoms with Gasteiger partial charge in [0, 0.05) is 15.1 Å². The topological polar surface area (TPSA) is 97.1 Å². The van der Waals surface area contributed by atoms with Gasteiger partial charge < -0.3 is 5.43 Å². The molecule has 0 aliphatic rings. The van der Waals surface area contributed by atoms with Gasteiger partial charge in [0.15, 0.2) is 5.82 Å². The van der Waals surface area contributed by atoms with Crippen molar-refractivity contribution in [1.29, 1.82) is 0 Å². The lowest BCUT2D eigenvalue weighted by Crippen LogP contribution is -2.19. The SMILES string of the molecule is NNc1ncc(Br)cc1S(=O)(=O)Nc1ccc(Br)cc1F. The number of nitrogens with zero attached hydrogens (tertiary/aromatic N) is 1. The second-order valence-electron chi connectivity index (χ2n) is 3.87. The van der Waals surface area contributed by atoms with Crippen LogP contribution in [0.5, 0.6) is 0 Å². The Hall–Kier alpha value is -1.23. The van der Waals surface area contributed by atoms with E-state index in [1.54, 1.807) is 0 Å². The Kier molecular flexibility index (Phi) is 4.81. The molecule has 0 spiro atoms. The lowest BCUT2D eigenvalue weighted by atomic mass is 10.3. The van der Waals surface area contributed by atoms with Crippen molar-refractivity contribution in [2.75, 3.05) is 10.1 Å². The maximum absolute atomic E-state index is 13.7. The van der Waals surface area contributed by atoms with E-state index < -0.39 is 15.8 Å². The van der Waals surface area contributed by atoms with Crippen LogP contribution < -0.4 is 16.0 Å². The highest BCUT2D eigenvalue weighted by atomic mass is 79.9. The Balaban J connectivity index is 2.45. The highest BCUT2D eigenvalue weighted by molar-refractivity contribution is 9.10. The molecule has 0 saturated carbocycles. The molecule has 0 saturated heterocycles. The summed E-state index contributed by atoms with van der Waals surface area (Å²) in [6.45, 7) is 0. The van der Waals surface area contributed by atoms with Crippen molar-refractivity contribution in [2.45, 2.75) is 4.90 Å². The van der Waals surface area contributed by atoms with Crippen LogP contribution in [-0.4, -0.2) is 13.4 Å². The molecule has 0 fully saturated rings. The molecule has 1 aromatic carbocycles. The second-order valence-corrected chi connectivity index (χ2v) is 7.36. The molecule has 112 valence electrons. The van der Waals surface area contributed by atoms with E-state index in [0.29, 0.717) is 8.95 Å². The number of pyridine rings is 1. The Labute approximate surface area is 137 Å². The third kappa shape index (κ3) is 3.70. The molecule has 10 heteroatoms. The van der Waals surface area contributed by atoms with Gasteiger partial charge in [-0.25, -0.2) is 23.6 Å². The minimum Gasteiger partial charge on any atom is -0.307 e. The van der Waals surface area contributed by atoms with E-state index in [2.05, 4.69) is 47.0 Å². The Bertz CT molecular complexity index is 786. The predicted octanol–water partition coefficient (Wildman–Crippen LogP) is 2.83. The fourth-order valence-electron chi connectivity index (χ4n) is 1.51. The summed E-state index contributed by atoms with van der Waals surface area (Å²) in [6.07, 6.45) is 1.38. The average molecular weight is 440 g/mol. The molecule has 0 radical (unpaired) electrons. The lowest BCUT2D eigenvalue weighted by molar-refractivity contribution is 0.598. The summed E-state index contributed by atoms with van der Waals surface area (Å²) in [4.78, 5) is 3.63. The highest BCUT2D eigenvalue weighted by Crippen LogP contribution is 2.26. The number of anilines is 2. The normalized spacial score (nSPS) is 11.2. The maximum Gasteiger partial charge on any atom is 0.265 e. The van der Waals surface area contributed by atoms with Crippen molar-refractivity contribution in [3.8, 4) is 0 Å². The van der Waals surface area contributed by atoms with Crippen molar-refractivity contribution in [3.63, 3.8) is 0 Å². The van der Waals surface area contributed by atoms with Gasteiger partial charge in [-0.3, -0.25) is 4.72 Å². The van der Waals surface area contributed by atoms with E-state index in [4.69, 9.17) is 5.84 Å². The molecule has 1 aromatic heterocycles. The molecule has 6 nitrogen and oxygen atoms in total. The minimum atomic E-state index is -4.05. The number of nitrogens with two attached hydrogens (primary N) is 1.